The summed E-state index contributed by atoms with van der Waals surface area (Å²) >= 11 is 0. The minimum absolute atomic E-state index is 0.186. The van der Waals surface area contributed by atoms with Crippen LogP contribution in [-0.4, -0.2) is 49.9 Å². The number of carbonyl (C=O) groups excluding carboxylic acids is 1. The number of ether oxygens (including phenoxy) is 4. The maximum Gasteiger partial charge on any atom is 0.322 e. The number of aromatic amines is 1. The third-order valence-electron chi connectivity index (χ3n) is 6.82. The third kappa shape index (κ3) is 3.84. The fraction of sp³-hybridized carbons (Fsp3) is 0.250. The number of hydrogen-bond acceptors (Lipinski definition) is 5. The Hall–Kier alpha value is -4.33. The van der Waals surface area contributed by atoms with E-state index in [-0.39, 0.29) is 12.1 Å². The highest BCUT2D eigenvalue weighted by Crippen LogP contribution is 2.40. The van der Waals surface area contributed by atoms with E-state index in [9.17, 15) is 4.79 Å². The van der Waals surface area contributed by atoms with Crippen molar-refractivity contribution < 1.29 is 23.7 Å². The molecule has 3 heterocycles. The highest BCUT2D eigenvalue weighted by atomic mass is 16.6. The van der Waals surface area contributed by atoms with Crippen LogP contribution in [0, 0.1) is 0 Å². The SMILES string of the molecule is COc1ccc(C2c3[nH]c4ccc(OC)cc4c3CCN2C(=O)Nc2ccc3c(c2)OCCO3)cc1. The standard InChI is InChI=1S/C28H27N3O5/c1-33-19-6-3-17(4-7-19)27-26-21(22-16-20(34-2)8-9-23(22)30-26)11-12-31(27)28(32)29-18-5-10-24-25(15-18)36-14-13-35-24/h3-10,15-16,27,30H,11-14H2,1-2H3,(H,29,32). The average molecular weight is 486 g/mol. The summed E-state index contributed by atoms with van der Waals surface area (Å²) in [5.41, 5.74) is 4.88. The van der Waals surface area contributed by atoms with Crippen molar-refractivity contribution in [3.8, 4) is 23.0 Å². The Morgan fingerprint density at radius 3 is 2.47 bits per heavy atom. The molecule has 0 spiro atoms. The van der Waals surface area contributed by atoms with E-state index in [0.29, 0.717) is 36.9 Å². The van der Waals surface area contributed by atoms with E-state index >= 15 is 0 Å². The Morgan fingerprint density at radius 1 is 0.944 bits per heavy atom. The largest absolute Gasteiger partial charge is 0.497 e. The maximum atomic E-state index is 13.7. The molecule has 0 aliphatic carbocycles. The number of anilines is 1. The zero-order valence-electron chi connectivity index (χ0n) is 20.2. The van der Waals surface area contributed by atoms with Crippen molar-refractivity contribution in [2.24, 2.45) is 0 Å². The third-order valence-corrected chi connectivity index (χ3v) is 6.82. The Balaban J connectivity index is 1.38. The van der Waals surface area contributed by atoms with Crippen molar-refractivity contribution in [2.45, 2.75) is 12.5 Å². The second kappa shape index (κ2) is 9.03. The second-order valence-corrected chi connectivity index (χ2v) is 8.84. The van der Waals surface area contributed by atoms with Crippen molar-refractivity contribution in [3.05, 3.63) is 77.5 Å². The number of rotatable bonds is 4. The predicted octanol–water partition coefficient (Wildman–Crippen LogP) is 5.14. The monoisotopic (exact) mass is 485 g/mol. The lowest BCUT2D eigenvalue weighted by Gasteiger charge is -2.36. The number of amides is 2. The number of methoxy groups -OCH3 is 2. The number of hydrogen-bond donors (Lipinski definition) is 2. The van der Waals surface area contributed by atoms with Crippen LogP contribution < -0.4 is 24.3 Å². The lowest BCUT2D eigenvalue weighted by molar-refractivity contribution is 0.171. The van der Waals surface area contributed by atoms with Gasteiger partial charge in [0.05, 0.1) is 20.3 Å². The summed E-state index contributed by atoms with van der Waals surface area (Å²) in [7, 11) is 3.32. The van der Waals surface area contributed by atoms with Gasteiger partial charge in [-0.15, -0.1) is 0 Å². The zero-order valence-corrected chi connectivity index (χ0v) is 20.2. The molecule has 0 saturated carbocycles. The molecule has 36 heavy (non-hydrogen) atoms. The van der Waals surface area contributed by atoms with E-state index in [1.54, 1.807) is 20.3 Å². The summed E-state index contributed by atoms with van der Waals surface area (Å²) in [5.74, 6) is 2.90. The first-order valence-corrected chi connectivity index (χ1v) is 11.9. The van der Waals surface area contributed by atoms with E-state index < -0.39 is 0 Å². The molecule has 2 aliphatic rings. The lowest BCUT2D eigenvalue weighted by Crippen LogP contribution is -2.43. The van der Waals surface area contributed by atoms with Crippen molar-refractivity contribution in [2.75, 3.05) is 39.3 Å². The molecule has 1 unspecified atom stereocenters. The van der Waals surface area contributed by atoms with Crippen LogP contribution in [0.3, 0.4) is 0 Å². The molecule has 0 radical (unpaired) electrons. The molecule has 0 fully saturated rings. The van der Waals surface area contributed by atoms with Crippen LogP contribution in [0.5, 0.6) is 23.0 Å². The molecular formula is C28H27N3O5. The highest BCUT2D eigenvalue weighted by Gasteiger charge is 2.35. The molecule has 8 nitrogen and oxygen atoms in total. The molecule has 4 aromatic rings. The summed E-state index contributed by atoms with van der Waals surface area (Å²) in [6.45, 7) is 1.57. The molecule has 8 heteroatoms. The normalized spacial score (nSPS) is 16.4. The van der Waals surface area contributed by atoms with Crippen molar-refractivity contribution >= 4 is 22.6 Å². The summed E-state index contributed by atoms with van der Waals surface area (Å²) in [6, 6.07) is 18.9. The number of urea groups is 1. The molecule has 1 aromatic heterocycles. The quantitative estimate of drug-likeness (QED) is 0.418. The van der Waals surface area contributed by atoms with Crippen molar-refractivity contribution in [1.82, 2.24) is 9.88 Å². The van der Waals surface area contributed by atoms with Gasteiger partial charge in [-0.3, -0.25) is 0 Å². The maximum absolute atomic E-state index is 13.7. The molecule has 1 atom stereocenters. The first kappa shape index (κ1) is 22.2. The molecule has 0 saturated heterocycles. The van der Waals surface area contributed by atoms with Crippen LogP contribution in [0.2, 0.25) is 0 Å². The Morgan fingerprint density at radius 2 is 1.69 bits per heavy atom. The highest BCUT2D eigenvalue weighted by molar-refractivity contribution is 5.92. The smallest absolute Gasteiger partial charge is 0.322 e. The van der Waals surface area contributed by atoms with Crippen LogP contribution in [0.15, 0.2) is 60.7 Å². The summed E-state index contributed by atoms with van der Waals surface area (Å²) in [6.07, 6.45) is 0.726. The zero-order chi connectivity index (χ0) is 24.6. The van der Waals surface area contributed by atoms with Gasteiger partial charge in [-0.25, -0.2) is 4.79 Å². The van der Waals surface area contributed by atoms with Gasteiger partial charge >= 0.3 is 6.03 Å². The van der Waals surface area contributed by atoms with Crippen LogP contribution >= 0.6 is 0 Å². The second-order valence-electron chi connectivity index (χ2n) is 8.84. The topological polar surface area (TPSA) is 85.1 Å². The van der Waals surface area contributed by atoms with Gasteiger partial charge in [0.2, 0.25) is 0 Å². The fourth-order valence-corrected chi connectivity index (χ4v) is 5.06. The summed E-state index contributed by atoms with van der Waals surface area (Å²) < 4.78 is 22.1. The molecule has 3 aromatic carbocycles. The molecule has 184 valence electrons. The number of aromatic nitrogens is 1. The number of benzene rings is 3. The van der Waals surface area contributed by atoms with E-state index in [1.165, 1.54) is 5.56 Å². The Kier molecular flexibility index (Phi) is 5.56. The van der Waals surface area contributed by atoms with Gasteiger partial charge < -0.3 is 34.1 Å². The number of fused-ring (bicyclic) bond motifs is 4. The first-order chi connectivity index (χ1) is 17.6. The van der Waals surface area contributed by atoms with Gasteiger partial charge in [0.1, 0.15) is 24.7 Å². The molecule has 2 amide bonds. The minimum Gasteiger partial charge on any atom is -0.497 e. The van der Waals surface area contributed by atoms with Gasteiger partial charge in [-0.2, -0.15) is 0 Å². The van der Waals surface area contributed by atoms with Gasteiger partial charge in [0.25, 0.3) is 0 Å². The average Bonchev–Trinajstić information content (AvgIpc) is 3.30. The molecule has 2 N–H and O–H groups in total. The van der Waals surface area contributed by atoms with Crippen LogP contribution in [-0.2, 0) is 6.42 Å². The molecule has 0 bridgehead atoms. The molecular weight excluding hydrogens is 458 g/mol. The van der Waals surface area contributed by atoms with Crippen LogP contribution in [0.4, 0.5) is 10.5 Å². The molecule has 6 rings (SSSR count). The van der Waals surface area contributed by atoms with Crippen LogP contribution in [0.1, 0.15) is 22.9 Å². The van der Waals surface area contributed by atoms with Gasteiger partial charge in [0.15, 0.2) is 11.5 Å². The van der Waals surface area contributed by atoms with Gasteiger partial charge in [-0.1, -0.05) is 12.1 Å². The summed E-state index contributed by atoms with van der Waals surface area (Å²) in [5, 5.41) is 4.18. The van der Waals surface area contributed by atoms with E-state index in [1.807, 2.05) is 53.4 Å². The van der Waals surface area contributed by atoms with E-state index in [4.69, 9.17) is 18.9 Å². The molecule has 2 aliphatic heterocycles. The van der Waals surface area contributed by atoms with Crippen LogP contribution in [0.25, 0.3) is 10.9 Å². The van der Waals surface area contributed by atoms with E-state index in [2.05, 4.69) is 16.4 Å². The van der Waals surface area contributed by atoms with Gasteiger partial charge in [-0.05, 0) is 60.0 Å². The predicted molar refractivity (Wildman–Crippen MR) is 137 cm³/mol. The van der Waals surface area contributed by atoms with E-state index in [0.717, 1.165) is 40.1 Å². The number of carbonyl (C=O) groups is 1. The fourth-order valence-electron chi connectivity index (χ4n) is 5.06. The van der Waals surface area contributed by atoms with Crippen molar-refractivity contribution in [3.63, 3.8) is 0 Å². The Labute approximate surface area is 208 Å². The van der Waals surface area contributed by atoms with Crippen molar-refractivity contribution in [1.29, 1.82) is 0 Å². The summed E-state index contributed by atoms with van der Waals surface area (Å²) in [4.78, 5) is 19.1. The number of nitrogens with zero attached hydrogens (tertiary/aromatic N) is 1. The number of nitrogens with one attached hydrogen (secondary N) is 2. The Bertz CT molecular complexity index is 1430. The minimum atomic E-state index is -0.296. The first-order valence-electron chi connectivity index (χ1n) is 11.9. The lowest BCUT2D eigenvalue weighted by atomic mass is 9.92. The number of H-pyrrole nitrogens is 1. The van der Waals surface area contributed by atoms with Gasteiger partial charge in [0, 0.05) is 34.9 Å².